The lowest BCUT2D eigenvalue weighted by atomic mass is 9.88. The van der Waals surface area contributed by atoms with Gasteiger partial charge in [-0.2, -0.15) is 0 Å². The minimum absolute atomic E-state index is 0.0944. The second-order valence-electron chi connectivity index (χ2n) is 3.73. The summed E-state index contributed by atoms with van der Waals surface area (Å²) in [5, 5.41) is 2.92. The van der Waals surface area contributed by atoms with Gasteiger partial charge in [-0.1, -0.05) is 0 Å². The van der Waals surface area contributed by atoms with Crippen LogP contribution in [0.2, 0.25) is 0 Å². The van der Waals surface area contributed by atoms with Crippen molar-refractivity contribution in [2.75, 3.05) is 20.6 Å². The van der Waals surface area contributed by atoms with Crippen molar-refractivity contribution < 1.29 is 4.79 Å². The molecule has 12 heavy (non-hydrogen) atoms. The van der Waals surface area contributed by atoms with Gasteiger partial charge >= 0.3 is 0 Å². The van der Waals surface area contributed by atoms with Crippen molar-refractivity contribution in [3.05, 3.63) is 0 Å². The lowest BCUT2D eigenvalue weighted by Gasteiger charge is -2.33. The minimum Gasteiger partial charge on any atom is -0.352 e. The van der Waals surface area contributed by atoms with Gasteiger partial charge in [0.15, 0.2) is 0 Å². The molecule has 70 valence electrons. The zero-order valence-corrected chi connectivity index (χ0v) is 7.71. The maximum absolute atomic E-state index is 11.2. The summed E-state index contributed by atoms with van der Waals surface area (Å²) in [6.07, 6.45) is 1.86. The van der Waals surface area contributed by atoms with Crippen molar-refractivity contribution in [1.29, 1.82) is 0 Å². The first-order valence-corrected chi connectivity index (χ1v) is 4.27. The van der Waals surface area contributed by atoms with Crippen LogP contribution in [0.25, 0.3) is 0 Å². The normalized spacial score (nSPS) is 28.3. The Kier molecular flexibility index (Phi) is 3.05. The lowest BCUT2D eigenvalue weighted by molar-refractivity contribution is -0.123. The second kappa shape index (κ2) is 3.87. The van der Waals surface area contributed by atoms with E-state index < -0.39 is 0 Å². The topological polar surface area (TPSA) is 58.4 Å². The van der Waals surface area contributed by atoms with E-state index >= 15 is 0 Å². The number of nitrogens with two attached hydrogens (primary N) is 1. The van der Waals surface area contributed by atoms with E-state index in [-0.39, 0.29) is 5.91 Å². The lowest BCUT2D eigenvalue weighted by Crippen LogP contribution is -2.51. The third-order valence-corrected chi connectivity index (χ3v) is 2.00. The fourth-order valence-electron chi connectivity index (χ4n) is 1.34. The molecule has 1 rings (SSSR count). The Morgan fingerprint density at radius 2 is 2.17 bits per heavy atom. The van der Waals surface area contributed by atoms with Crippen molar-refractivity contribution in [1.82, 2.24) is 10.2 Å². The summed E-state index contributed by atoms with van der Waals surface area (Å²) in [5.41, 5.74) is 5.58. The highest BCUT2D eigenvalue weighted by Crippen LogP contribution is 2.16. The molecule has 0 aromatic carbocycles. The van der Waals surface area contributed by atoms with Crippen LogP contribution in [0.5, 0.6) is 0 Å². The van der Waals surface area contributed by atoms with Crippen molar-refractivity contribution in [2.45, 2.75) is 24.9 Å². The van der Waals surface area contributed by atoms with Crippen LogP contribution in [-0.2, 0) is 4.79 Å². The van der Waals surface area contributed by atoms with Crippen LogP contribution < -0.4 is 11.1 Å². The van der Waals surface area contributed by atoms with Crippen LogP contribution in [-0.4, -0.2) is 43.5 Å². The summed E-state index contributed by atoms with van der Waals surface area (Å²) in [7, 11) is 3.76. The molecular weight excluding hydrogens is 154 g/mol. The number of nitrogens with zero attached hydrogens (tertiary/aromatic N) is 1. The van der Waals surface area contributed by atoms with Gasteiger partial charge in [-0.15, -0.1) is 0 Å². The van der Waals surface area contributed by atoms with Crippen molar-refractivity contribution >= 4 is 5.91 Å². The average molecular weight is 171 g/mol. The second-order valence-corrected chi connectivity index (χ2v) is 3.73. The molecule has 1 amide bonds. The van der Waals surface area contributed by atoms with Crippen LogP contribution >= 0.6 is 0 Å². The van der Waals surface area contributed by atoms with Crippen LogP contribution in [0, 0.1) is 0 Å². The Labute approximate surface area is 73.1 Å². The highest BCUT2D eigenvalue weighted by atomic mass is 16.2. The predicted molar refractivity (Wildman–Crippen MR) is 47.7 cm³/mol. The first-order chi connectivity index (χ1) is 5.58. The maximum atomic E-state index is 11.2. The SMILES string of the molecule is CN(C)CC(=O)NC1CC(N)C1. The summed E-state index contributed by atoms with van der Waals surface area (Å²) in [6, 6.07) is 0.627. The molecule has 0 bridgehead atoms. The molecule has 4 nitrogen and oxygen atoms in total. The first kappa shape index (κ1) is 9.48. The molecule has 4 heteroatoms. The third-order valence-electron chi connectivity index (χ3n) is 2.00. The molecule has 1 aliphatic carbocycles. The molecule has 1 fully saturated rings. The summed E-state index contributed by atoms with van der Waals surface area (Å²) in [6.45, 7) is 0.464. The van der Waals surface area contributed by atoms with Crippen LogP contribution in [0.1, 0.15) is 12.8 Å². The van der Waals surface area contributed by atoms with E-state index in [1.165, 1.54) is 0 Å². The van der Waals surface area contributed by atoms with E-state index in [0.717, 1.165) is 12.8 Å². The van der Waals surface area contributed by atoms with E-state index in [2.05, 4.69) is 5.32 Å². The molecule has 1 aliphatic rings. The number of hydrogen-bond donors (Lipinski definition) is 2. The zero-order chi connectivity index (χ0) is 9.14. The van der Waals surface area contributed by atoms with Gasteiger partial charge in [0.2, 0.25) is 5.91 Å². The third kappa shape index (κ3) is 2.79. The van der Waals surface area contributed by atoms with Gasteiger partial charge in [0.1, 0.15) is 0 Å². The van der Waals surface area contributed by atoms with Crippen LogP contribution in [0.15, 0.2) is 0 Å². The minimum atomic E-state index is 0.0944. The molecule has 0 heterocycles. The molecule has 0 atom stereocenters. The van der Waals surface area contributed by atoms with Gasteiger partial charge < -0.3 is 16.0 Å². The monoisotopic (exact) mass is 171 g/mol. The molecule has 0 spiro atoms. The van der Waals surface area contributed by atoms with Gasteiger partial charge in [0.05, 0.1) is 6.54 Å². The van der Waals surface area contributed by atoms with E-state index in [1.807, 2.05) is 19.0 Å². The van der Waals surface area contributed by atoms with Crippen molar-refractivity contribution in [3.63, 3.8) is 0 Å². The Hall–Kier alpha value is -0.610. The highest BCUT2D eigenvalue weighted by Gasteiger charge is 2.26. The van der Waals surface area contributed by atoms with E-state index in [9.17, 15) is 4.79 Å². The Bertz CT molecular complexity index is 164. The molecule has 0 aliphatic heterocycles. The van der Waals surface area contributed by atoms with Gasteiger partial charge in [0, 0.05) is 12.1 Å². The van der Waals surface area contributed by atoms with E-state index in [1.54, 1.807) is 0 Å². The first-order valence-electron chi connectivity index (χ1n) is 4.27. The van der Waals surface area contributed by atoms with Crippen molar-refractivity contribution in [2.24, 2.45) is 5.73 Å². The number of carbonyl (C=O) groups is 1. The average Bonchev–Trinajstić information content (AvgIpc) is 1.82. The summed E-state index contributed by atoms with van der Waals surface area (Å²) in [4.78, 5) is 13.0. The largest absolute Gasteiger partial charge is 0.352 e. The fraction of sp³-hybridized carbons (Fsp3) is 0.875. The number of rotatable bonds is 3. The van der Waals surface area contributed by atoms with Gasteiger partial charge in [-0.25, -0.2) is 0 Å². The van der Waals surface area contributed by atoms with Crippen molar-refractivity contribution in [3.8, 4) is 0 Å². The quantitative estimate of drug-likeness (QED) is 0.582. The Morgan fingerprint density at radius 1 is 1.58 bits per heavy atom. The number of nitrogens with one attached hydrogen (secondary N) is 1. The number of hydrogen-bond acceptors (Lipinski definition) is 3. The highest BCUT2D eigenvalue weighted by molar-refractivity contribution is 5.78. The molecule has 0 aromatic heterocycles. The molecule has 0 aromatic rings. The van der Waals surface area contributed by atoms with Crippen LogP contribution in [0.3, 0.4) is 0 Å². The van der Waals surface area contributed by atoms with Gasteiger partial charge in [-0.05, 0) is 26.9 Å². The van der Waals surface area contributed by atoms with Crippen LogP contribution in [0.4, 0.5) is 0 Å². The van der Waals surface area contributed by atoms with E-state index in [4.69, 9.17) is 5.73 Å². The number of carbonyl (C=O) groups excluding carboxylic acids is 1. The number of likely N-dealkylation sites (N-methyl/N-ethyl adjacent to an activating group) is 1. The van der Waals surface area contributed by atoms with Gasteiger partial charge in [0.25, 0.3) is 0 Å². The maximum Gasteiger partial charge on any atom is 0.234 e. The Balaban J connectivity index is 2.11. The molecule has 3 N–H and O–H groups in total. The molecule has 0 radical (unpaired) electrons. The molecular formula is C8H17N3O. The molecule has 0 unspecified atom stereocenters. The number of amides is 1. The standard InChI is InChI=1S/C8H17N3O/c1-11(2)5-8(12)10-7-3-6(9)4-7/h6-7H,3-5,9H2,1-2H3,(H,10,12). The molecule has 0 saturated heterocycles. The Morgan fingerprint density at radius 3 is 2.58 bits per heavy atom. The summed E-state index contributed by atoms with van der Waals surface area (Å²) < 4.78 is 0. The fourth-order valence-corrected chi connectivity index (χ4v) is 1.34. The summed E-state index contributed by atoms with van der Waals surface area (Å²) >= 11 is 0. The predicted octanol–water partition coefficient (Wildman–Crippen LogP) is -0.846. The smallest absolute Gasteiger partial charge is 0.234 e. The van der Waals surface area contributed by atoms with Gasteiger partial charge in [-0.3, -0.25) is 4.79 Å². The zero-order valence-electron chi connectivity index (χ0n) is 7.71. The summed E-state index contributed by atoms with van der Waals surface area (Å²) in [5.74, 6) is 0.0944. The molecule has 1 saturated carbocycles. The van der Waals surface area contributed by atoms with E-state index in [0.29, 0.717) is 18.6 Å².